The van der Waals surface area contributed by atoms with E-state index in [9.17, 15) is 0 Å². The van der Waals surface area contributed by atoms with Gasteiger partial charge in [-0.2, -0.15) is 0 Å². The van der Waals surface area contributed by atoms with Gasteiger partial charge in [0.15, 0.2) is 0 Å². The minimum absolute atomic E-state index is 0.291. The molecule has 2 aromatic rings. The van der Waals surface area contributed by atoms with Crippen molar-refractivity contribution >= 4 is 17.2 Å². The number of aromatic nitrogens is 1. The van der Waals surface area contributed by atoms with Crippen LogP contribution in [0.1, 0.15) is 17.0 Å². The summed E-state index contributed by atoms with van der Waals surface area (Å²) in [6.45, 7) is 4.63. The fourth-order valence-corrected chi connectivity index (χ4v) is 2.28. The Morgan fingerprint density at radius 1 is 1.14 bits per heavy atom. The second-order valence-electron chi connectivity index (χ2n) is 4.60. The predicted octanol–water partition coefficient (Wildman–Crippen LogP) is 2.79. The van der Waals surface area contributed by atoms with Crippen LogP contribution in [-0.2, 0) is 0 Å². The Kier molecular flexibility index (Phi) is 5.11. The maximum Gasteiger partial charge on any atom is 0.133 e. The number of pyridine rings is 1. The van der Waals surface area contributed by atoms with Crippen LogP contribution >= 0.6 is 12.2 Å². The third-order valence-corrected chi connectivity index (χ3v) is 3.10. The minimum atomic E-state index is 0.291. The topological polar surface area (TPSA) is 57.4 Å². The Balaban J connectivity index is 1.98. The van der Waals surface area contributed by atoms with Gasteiger partial charge >= 0.3 is 0 Å². The molecular weight excluding hydrogens is 284 g/mol. The molecule has 0 unspecified atom stereocenters. The molecule has 0 aliphatic heterocycles. The number of hydrogen-bond donors (Lipinski definition) is 1. The third kappa shape index (κ3) is 4.16. The van der Waals surface area contributed by atoms with E-state index in [1.807, 2.05) is 50.2 Å². The Hall–Kier alpha value is -2.14. The molecule has 1 aromatic carbocycles. The largest absolute Gasteiger partial charge is 0.490 e. The lowest BCUT2D eigenvalue weighted by Crippen LogP contribution is -2.17. The van der Waals surface area contributed by atoms with Gasteiger partial charge in [0.05, 0.1) is 11.3 Å². The standard InChI is InChI=1S/C16H18N2O2S/c1-11-10-14(15(16(17)21)12(2)18-11)20-9-8-19-13-6-4-3-5-7-13/h3-7,10H,8-9H2,1-2H3,(H2,17,21). The number of hydrogen-bond acceptors (Lipinski definition) is 4. The lowest BCUT2D eigenvalue weighted by atomic mass is 10.1. The SMILES string of the molecule is Cc1cc(OCCOc2ccccc2)c(C(N)=S)c(C)n1. The van der Waals surface area contributed by atoms with Gasteiger partial charge in [0, 0.05) is 11.8 Å². The number of para-hydroxylation sites is 1. The maximum atomic E-state index is 5.75. The first-order valence-corrected chi connectivity index (χ1v) is 7.07. The summed E-state index contributed by atoms with van der Waals surface area (Å²) in [4.78, 5) is 4.64. The van der Waals surface area contributed by atoms with Crippen molar-refractivity contribution < 1.29 is 9.47 Å². The Labute approximate surface area is 129 Å². The number of thiocarbonyl (C=S) groups is 1. The molecule has 2 rings (SSSR count). The molecule has 5 heteroatoms. The van der Waals surface area contributed by atoms with Gasteiger partial charge in [-0.3, -0.25) is 4.98 Å². The lowest BCUT2D eigenvalue weighted by Gasteiger charge is -2.14. The molecule has 110 valence electrons. The first-order valence-electron chi connectivity index (χ1n) is 6.66. The molecule has 0 spiro atoms. The van der Waals surface area contributed by atoms with Gasteiger partial charge in [-0.1, -0.05) is 30.4 Å². The minimum Gasteiger partial charge on any atom is -0.490 e. The highest BCUT2D eigenvalue weighted by Gasteiger charge is 2.12. The third-order valence-electron chi connectivity index (χ3n) is 2.89. The fraction of sp³-hybridized carbons (Fsp3) is 0.250. The number of ether oxygens (including phenoxy) is 2. The van der Waals surface area contributed by atoms with E-state index in [0.29, 0.717) is 29.5 Å². The van der Waals surface area contributed by atoms with E-state index in [2.05, 4.69) is 4.98 Å². The number of nitrogens with two attached hydrogens (primary N) is 1. The zero-order valence-corrected chi connectivity index (χ0v) is 12.9. The smallest absolute Gasteiger partial charge is 0.133 e. The Bertz CT molecular complexity index is 630. The van der Waals surface area contributed by atoms with Gasteiger partial charge in [0.25, 0.3) is 0 Å². The summed E-state index contributed by atoms with van der Waals surface area (Å²) in [6.07, 6.45) is 0. The first kappa shape index (κ1) is 15.3. The van der Waals surface area contributed by atoms with E-state index in [1.54, 1.807) is 0 Å². The highest BCUT2D eigenvalue weighted by atomic mass is 32.1. The fourth-order valence-electron chi connectivity index (χ4n) is 2.03. The quantitative estimate of drug-likeness (QED) is 0.657. The molecule has 0 aliphatic carbocycles. The first-order chi connectivity index (χ1) is 10.1. The second kappa shape index (κ2) is 7.04. The summed E-state index contributed by atoms with van der Waals surface area (Å²) in [5.41, 5.74) is 8.08. The van der Waals surface area contributed by atoms with Crippen LogP contribution in [0.15, 0.2) is 36.4 Å². The zero-order valence-electron chi connectivity index (χ0n) is 12.1. The normalized spacial score (nSPS) is 10.2. The molecule has 0 amide bonds. The number of rotatable bonds is 6. The van der Waals surface area contributed by atoms with Gasteiger partial charge in [-0.25, -0.2) is 0 Å². The van der Waals surface area contributed by atoms with Crippen molar-refractivity contribution in [3.8, 4) is 11.5 Å². The molecule has 1 aromatic heterocycles. The van der Waals surface area contributed by atoms with Crippen molar-refractivity contribution in [3.63, 3.8) is 0 Å². The monoisotopic (exact) mass is 302 g/mol. The molecule has 0 aliphatic rings. The molecule has 0 radical (unpaired) electrons. The van der Waals surface area contributed by atoms with Gasteiger partial charge < -0.3 is 15.2 Å². The van der Waals surface area contributed by atoms with Crippen LogP contribution < -0.4 is 15.2 Å². The molecule has 21 heavy (non-hydrogen) atoms. The van der Waals surface area contributed by atoms with E-state index in [1.165, 1.54) is 0 Å². The van der Waals surface area contributed by atoms with Crippen molar-refractivity contribution in [2.45, 2.75) is 13.8 Å². The highest BCUT2D eigenvalue weighted by molar-refractivity contribution is 7.80. The molecule has 1 heterocycles. The van der Waals surface area contributed by atoms with Gasteiger partial charge in [-0.05, 0) is 26.0 Å². The van der Waals surface area contributed by atoms with Crippen LogP contribution in [0.2, 0.25) is 0 Å². The van der Waals surface area contributed by atoms with Crippen LogP contribution in [0, 0.1) is 13.8 Å². The van der Waals surface area contributed by atoms with E-state index in [-0.39, 0.29) is 0 Å². The molecule has 4 nitrogen and oxygen atoms in total. The summed E-state index contributed by atoms with van der Waals surface area (Å²) in [7, 11) is 0. The van der Waals surface area contributed by atoms with E-state index in [4.69, 9.17) is 27.4 Å². The molecular formula is C16H18N2O2S. The van der Waals surface area contributed by atoms with Crippen LogP contribution in [-0.4, -0.2) is 23.2 Å². The van der Waals surface area contributed by atoms with Crippen LogP contribution in [0.3, 0.4) is 0 Å². The number of nitrogens with zero attached hydrogens (tertiary/aromatic N) is 1. The van der Waals surface area contributed by atoms with Crippen LogP contribution in [0.4, 0.5) is 0 Å². The molecule has 2 N–H and O–H groups in total. The van der Waals surface area contributed by atoms with E-state index < -0.39 is 0 Å². The van der Waals surface area contributed by atoms with Crippen LogP contribution in [0.25, 0.3) is 0 Å². The molecule has 0 saturated carbocycles. The number of aryl methyl sites for hydroxylation is 2. The number of benzene rings is 1. The van der Waals surface area contributed by atoms with E-state index in [0.717, 1.165) is 17.1 Å². The average molecular weight is 302 g/mol. The van der Waals surface area contributed by atoms with Crippen LogP contribution in [0.5, 0.6) is 11.5 Å². The van der Waals surface area contributed by atoms with Crippen molar-refractivity contribution in [3.05, 3.63) is 53.3 Å². The Morgan fingerprint density at radius 2 is 1.81 bits per heavy atom. The summed E-state index contributed by atoms with van der Waals surface area (Å²) in [5, 5.41) is 0. The average Bonchev–Trinajstić information content (AvgIpc) is 2.43. The summed E-state index contributed by atoms with van der Waals surface area (Å²) < 4.78 is 11.3. The van der Waals surface area contributed by atoms with Crippen molar-refractivity contribution in [1.29, 1.82) is 0 Å². The maximum absolute atomic E-state index is 5.75. The summed E-state index contributed by atoms with van der Waals surface area (Å²) in [5.74, 6) is 1.47. The van der Waals surface area contributed by atoms with Gasteiger partial charge in [0.2, 0.25) is 0 Å². The van der Waals surface area contributed by atoms with Crippen molar-refractivity contribution in [2.24, 2.45) is 5.73 Å². The van der Waals surface area contributed by atoms with Crippen molar-refractivity contribution in [1.82, 2.24) is 4.98 Å². The predicted molar refractivity (Wildman–Crippen MR) is 87.0 cm³/mol. The van der Waals surface area contributed by atoms with E-state index >= 15 is 0 Å². The lowest BCUT2D eigenvalue weighted by molar-refractivity contribution is 0.216. The molecule has 0 saturated heterocycles. The zero-order chi connectivity index (χ0) is 15.2. The Morgan fingerprint density at radius 3 is 2.48 bits per heavy atom. The molecule has 0 fully saturated rings. The van der Waals surface area contributed by atoms with Gasteiger partial charge in [-0.15, -0.1) is 0 Å². The summed E-state index contributed by atoms with van der Waals surface area (Å²) >= 11 is 5.06. The molecule has 0 bridgehead atoms. The second-order valence-corrected chi connectivity index (χ2v) is 5.04. The van der Waals surface area contributed by atoms with Crippen molar-refractivity contribution in [2.75, 3.05) is 13.2 Å². The molecule has 0 atom stereocenters. The highest BCUT2D eigenvalue weighted by Crippen LogP contribution is 2.22. The van der Waals surface area contributed by atoms with Gasteiger partial charge in [0.1, 0.15) is 29.7 Å². The summed E-state index contributed by atoms with van der Waals surface area (Å²) in [6, 6.07) is 11.4.